The van der Waals surface area contributed by atoms with Crippen LogP contribution in [0.3, 0.4) is 0 Å². The Bertz CT molecular complexity index is 994. The van der Waals surface area contributed by atoms with Crippen molar-refractivity contribution < 1.29 is 17.6 Å². The Hall–Kier alpha value is -2.36. The van der Waals surface area contributed by atoms with E-state index in [1.165, 1.54) is 30.9 Å². The smallest absolute Gasteiger partial charge is 0.194 e. The van der Waals surface area contributed by atoms with Crippen LogP contribution in [0.4, 0.5) is 17.6 Å². The average molecular weight is 386 g/mol. The van der Waals surface area contributed by atoms with Crippen LogP contribution in [-0.2, 0) is 0 Å². The Kier molecular flexibility index (Phi) is 5.13. The van der Waals surface area contributed by atoms with Crippen LogP contribution in [0.5, 0.6) is 0 Å². The van der Waals surface area contributed by atoms with Gasteiger partial charge >= 0.3 is 0 Å². The molecule has 4 heteroatoms. The molecule has 0 aliphatic heterocycles. The van der Waals surface area contributed by atoms with Gasteiger partial charge in [-0.1, -0.05) is 43.7 Å². The summed E-state index contributed by atoms with van der Waals surface area (Å²) in [5, 5.41) is 1.16. The van der Waals surface area contributed by atoms with E-state index >= 15 is 4.39 Å². The first-order valence-corrected chi connectivity index (χ1v) is 9.85. The third-order valence-electron chi connectivity index (χ3n) is 6.17. The third-order valence-corrected chi connectivity index (χ3v) is 6.17. The number of hydrogen-bond donors (Lipinski definition) is 0. The van der Waals surface area contributed by atoms with E-state index in [0.717, 1.165) is 36.3 Å². The van der Waals surface area contributed by atoms with Gasteiger partial charge in [0.05, 0.1) is 0 Å². The molecule has 0 spiro atoms. The van der Waals surface area contributed by atoms with Gasteiger partial charge in [-0.05, 0) is 66.2 Å². The molecule has 0 nitrogen and oxygen atoms in total. The first-order valence-electron chi connectivity index (χ1n) is 9.85. The molecule has 0 aromatic heterocycles. The summed E-state index contributed by atoms with van der Waals surface area (Å²) in [6, 6.07) is 10.6. The van der Waals surface area contributed by atoms with Crippen LogP contribution in [0.25, 0.3) is 21.9 Å². The summed E-state index contributed by atoms with van der Waals surface area (Å²) in [6.07, 6.45) is 5.99. The molecular weight excluding hydrogens is 364 g/mol. The van der Waals surface area contributed by atoms with Gasteiger partial charge in [0.1, 0.15) is 5.82 Å². The third kappa shape index (κ3) is 3.41. The molecular formula is C24H22F4. The van der Waals surface area contributed by atoms with Crippen LogP contribution in [0.15, 0.2) is 42.5 Å². The molecule has 3 aromatic rings. The molecule has 1 saturated carbocycles. The maximum absolute atomic E-state index is 15.1. The lowest BCUT2D eigenvalue weighted by Gasteiger charge is -2.28. The molecule has 0 radical (unpaired) electrons. The van der Waals surface area contributed by atoms with Crippen LogP contribution in [0.2, 0.25) is 0 Å². The zero-order valence-corrected chi connectivity index (χ0v) is 15.7. The average Bonchev–Trinajstić information content (AvgIpc) is 2.72. The molecule has 0 amide bonds. The lowest BCUT2D eigenvalue weighted by atomic mass is 9.77. The second kappa shape index (κ2) is 7.57. The lowest BCUT2D eigenvalue weighted by Crippen LogP contribution is -2.12. The van der Waals surface area contributed by atoms with Gasteiger partial charge < -0.3 is 0 Å². The zero-order chi connectivity index (χ0) is 19.8. The van der Waals surface area contributed by atoms with Crippen molar-refractivity contribution in [2.45, 2.75) is 44.9 Å². The predicted octanol–water partition coefficient (Wildman–Crippen LogP) is 7.75. The molecule has 0 unspecified atom stereocenters. The van der Waals surface area contributed by atoms with E-state index in [2.05, 4.69) is 6.92 Å². The Morgan fingerprint density at radius 3 is 2.11 bits per heavy atom. The van der Waals surface area contributed by atoms with Crippen molar-refractivity contribution in [3.63, 3.8) is 0 Å². The van der Waals surface area contributed by atoms with Gasteiger partial charge in [0, 0.05) is 10.9 Å². The van der Waals surface area contributed by atoms with Gasteiger partial charge in [-0.25, -0.2) is 17.6 Å². The van der Waals surface area contributed by atoms with Gasteiger partial charge in [0.15, 0.2) is 17.5 Å². The standard InChI is InChI=1S/C24H22F4/c1-2-14-3-5-15(6-4-14)16-7-9-19-17(11-16)8-10-20(23(19)27)18-12-21(25)24(28)22(26)13-18/h7-15H,2-6H2,1H3/t14-,15-. The molecule has 146 valence electrons. The van der Waals surface area contributed by atoms with E-state index in [1.54, 1.807) is 12.1 Å². The van der Waals surface area contributed by atoms with Crippen LogP contribution in [-0.4, -0.2) is 0 Å². The summed E-state index contributed by atoms with van der Waals surface area (Å²) < 4.78 is 55.3. The Balaban J connectivity index is 1.69. The largest absolute Gasteiger partial charge is 0.206 e. The highest BCUT2D eigenvalue weighted by molar-refractivity contribution is 5.89. The molecule has 1 aliphatic carbocycles. The second-order valence-corrected chi connectivity index (χ2v) is 7.79. The molecule has 0 heterocycles. The number of benzene rings is 3. The first kappa shape index (κ1) is 19.0. The normalized spacial score (nSPS) is 19.9. The Labute approximate surface area is 162 Å². The fourth-order valence-electron chi connectivity index (χ4n) is 4.40. The minimum Gasteiger partial charge on any atom is -0.206 e. The Morgan fingerprint density at radius 2 is 1.46 bits per heavy atom. The van der Waals surface area contributed by atoms with Gasteiger partial charge in [0.25, 0.3) is 0 Å². The van der Waals surface area contributed by atoms with E-state index in [-0.39, 0.29) is 11.1 Å². The van der Waals surface area contributed by atoms with Crippen LogP contribution in [0.1, 0.15) is 50.5 Å². The fraction of sp³-hybridized carbons (Fsp3) is 0.333. The topological polar surface area (TPSA) is 0 Å². The van der Waals surface area contributed by atoms with Crippen LogP contribution < -0.4 is 0 Å². The maximum Gasteiger partial charge on any atom is 0.194 e. The van der Waals surface area contributed by atoms with Crippen molar-refractivity contribution in [2.24, 2.45) is 5.92 Å². The van der Waals surface area contributed by atoms with E-state index < -0.39 is 23.3 Å². The molecule has 1 aliphatic rings. The SMILES string of the molecule is CC[C@H]1CC[C@H](c2ccc3c(F)c(-c4cc(F)c(F)c(F)c4)ccc3c2)CC1. The molecule has 4 rings (SSSR count). The number of rotatable bonds is 3. The van der Waals surface area contributed by atoms with Crippen molar-refractivity contribution in [1.29, 1.82) is 0 Å². The lowest BCUT2D eigenvalue weighted by molar-refractivity contribution is 0.319. The van der Waals surface area contributed by atoms with E-state index in [1.807, 2.05) is 12.1 Å². The highest BCUT2D eigenvalue weighted by atomic mass is 19.2. The number of halogens is 4. The van der Waals surface area contributed by atoms with Crippen molar-refractivity contribution >= 4 is 10.8 Å². The van der Waals surface area contributed by atoms with Crippen LogP contribution >= 0.6 is 0 Å². The van der Waals surface area contributed by atoms with Gasteiger partial charge in [-0.2, -0.15) is 0 Å². The number of fused-ring (bicyclic) bond motifs is 1. The maximum atomic E-state index is 15.1. The quantitative estimate of drug-likeness (QED) is 0.319. The van der Waals surface area contributed by atoms with Crippen LogP contribution in [0, 0.1) is 29.2 Å². The first-order chi connectivity index (χ1) is 13.5. The van der Waals surface area contributed by atoms with Gasteiger partial charge in [0.2, 0.25) is 0 Å². The summed E-state index contributed by atoms with van der Waals surface area (Å²) in [5.74, 6) is -3.44. The number of hydrogen-bond acceptors (Lipinski definition) is 0. The molecule has 1 fully saturated rings. The summed E-state index contributed by atoms with van der Waals surface area (Å²) >= 11 is 0. The molecule has 0 atom stereocenters. The predicted molar refractivity (Wildman–Crippen MR) is 104 cm³/mol. The van der Waals surface area contributed by atoms with Crippen molar-refractivity contribution in [1.82, 2.24) is 0 Å². The second-order valence-electron chi connectivity index (χ2n) is 7.79. The minimum atomic E-state index is -1.55. The summed E-state index contributed by atoms with van der Waals surface area (Å²) in [4.78, 5) is 0. The molecule has 3 aromatic carbocycles. The highest BCUT2D eigenvalue weighted by Crippen LogP contribution is 2.39. The highest BCUT2D eigenvalue weighted by Gasteiger charge is 2.22. The zero-order valence-electron chi connectivity index (χ0n) is 15.7. The summed E-state index contributed by atoms with van der Waals surface area (Å²) in [5.41, 5.74) is 1.26. The van der Waals surface area contributed by atoms with E-state index in [4.69, 9.17) is 0 Å². The minimum absolute atomic E-state index is 0.0160. The molecule has 0 N–H and O–H groups in total. The van der Waals surface area contributed by atoms with Crippen molar-refractivity contribution in [2.75, 3.05) is 0 Å². The summed E-state index contributed by atoms with van der Waals surface area (Å²) in [6.45, 7) is 2.24. The molecule has 28 heavy (non-hydrogen) atoms. The van der Waals surface area contributed by atoms with E-state index in [9.17, 15) is 13.2 Å². The monoisotopic (exact) mass is 386 g/mol. The molecule has 0 saturated heterocycles. The van der Waals surface area contributed by atoms with Crippen molar-refractivity contribution in [3.05, 3.63) is 71.3 Å². The van der Waals surface area contributed by atoms with Crippen molar-refractivity contribution in [3.8, 4) is 11.1 Å². The van der Waals surface area contributed by atoms with E-state index in [0.29, 0.717) is 11.3 Å². The van der Waals surface area contributed by atoms with Gasteiger partial charge in [-0.3, -0.25) is 0 Å². The van der Waals surface area contributed by atoms with Gasteiger partial charge in [-0.15, -0.1) is 0 Å². The molecule has 0 bridgehead atoms. The fourth-order valence-corrected chi connectivity index (χ4v) is 4.40. The Morgan fingerprint density at radius 1 is 0.786 bits per heavy atom. The summed E-state index contributed by atoms with van der Waals surface area (Å²) in [7, 11) is 0.